The fourth-order valence-electron chi connectivity index (χ4n) is 2.55. The van der Waals surface area contributed by atoms with Gasteiger partial charge >= 0.3 is 0 Å². The Kier molecular flexibility index (Phi) is 3.45. The molecule has 3 rings (SSSR count). The summed E-state index contributed by atoms with van der Waals surface area (Å²) in [6.07, 6.45) is 1.71. The zero-order valence-corrected chi connectivity index (χ0v) is 11.4. The lowest BCUT2D eigenvalue weighted by Gasteiger charge is -2.16. The Morgan fingerprint density at radius 2 is 2.00 bits per heavy atom. The lowest BCUT2D eigenvalue weighted by molar-refractivity contribution is 0.351. The fourth-order valence-corrected chi connectivity index (χ4v) is 2.80. The minimum atomic E-state index is -0.0899. The lowest BCUT2D eigenvalue weighted by Crippen LogP contribution is -2.14. The fraction of sp³-hybridized carbons (Fsp3) is 0.250. The monoisotopic (exact) mass is 273 g/mol. The highest BCUT2D eigenvalue weighted by molar-refractivity contribution is 6.30. The van der Waals surface area contributed by atoms with Crippen LogP contribution >= 0.6 is 11.6 Å². The van der Waals surface area contributed by atoms with Gasteiger partial charge in [0, 0.05) is 23.0 Å². The van der Waals surface area contributed by atoms with E-state index in [-0.39, 0.29) is 6.04 Å². The maximum absolute atomic E-state index is 6.33. The summed E-state index contributed by atoms with van der Waals surface area (Å²) in [4.78, 5) is 0. The van der Waals surface area contributed by atoms with E-state index in [2.05, 4.69) is 12.1 Å². The Morgan fingerprint density at radius 3 is 2.79 bits per heavy atom. The molecular formula is C16H16ClNO. The topological polar surface area (TPSA) is 35.2 Å². The standard InChI is InChI=1S/C16H16ClNO/c17-13-9-12-6-7-19-16(12)14(10-13)15(18)8-11-4-2-1-3-5-11/h1-5,9-10,15H,6-8,18H2. The third-order valence-electron chi connectivity index (χ3n) is 3.48. The smallest absolute Gasteiger partial charge is 0.127 e. The van der Waals surface area contributed by atoms with Crippen molar-refractivity contribution >= 4 is 11.6 Å². The SMILES string of the molecule is NC(Cc1ccccc1)c1cc(Cl)cc2c1OCC2. The van der Waals surface area contributed by atoms with Crippen molar-refractivity contribution < 1.29 is 4.74 Å². The molecule has 1 heterocycles. The largest absolute Gasteiger partial charge is 0.493 e. The molecule has 1 aliphatic rings. The molecule has 1 atom stereocenters. The number of hydrogen-bond acceptors (Lipinski definition) is 2. The number of hydrogen-bond donors (Lipinski definition) is 1. The zero-order chi connectivity index (χ0) is 13.2. The second-order valence-corrected chi connectivity index (χ2v) is 5.31. The molecule has 0 aliphatic carbocycles. The van der Waals surface area contributed by atoms with Gasteiger partial charge in [0.05, 0.1) is 6.61 Å². The minimum Gasteiger partial charge on any atom is -0.493 e. The van der Waals surface area contributed by atoms with Crippen LogP contribution in [0.5, 0.6) is 5.75 Å². The van der Waals surface area contributed by atoms with E-state index in [4.69, 9.17) is 22.1 Å². The molecule has 0 saturated heterocycles. The molecule has 0 fully saturated rings. The van der Waals surface area contributed by atoms with Crippen LogP contribution in [-0.4, -0.2) is 6.61 Å². The maximum Gasteiger partial charge on any atom is 0.127 e. The van der Waals surface area contributed by atoms with Gasteiger partial charge in [0.15, 0.2) is 0 Å². The predicted molar refractivity (Wildman–Crippen MR) is 77.7 cm³/mol. The van der Waals surface area contributed by atoms with Crippen molar-refractivity contribution in [1.82, 2.24) is 0 Å². The van der Waals surface area contributed by atoms with Gasteiger partial charge in [-0.25, -0.2) is 0 Å². The molecule has 19 heavy (non-hydrogen) atoms. The van der Waals surface area contributed by atoms with E-state index >= 15 is 0 Å². The van der Waals surface area contributed by atoms with E-state index in [1.165, 1.54) is 11.1 Å². The Hall–Kier alpha value is -1.51. The van der Waals surface area contributed by atoms with Crippen LogP contribution in [0.4, 0.5) is 0 Å². The second kappa shape index (κ2) is 5.24. The zero-order valence-electron chi connectivity index (χ0n) is 10.6. The molecule has 0 saturated carbocycles. The molecule has 0 amide bonds. The first-order valence-electron chi connectivity index (χ1n) is 6.48. The molecular weight excluding hydrogens is 258 g/mol. The van der Waals surface area contributed by atoms with Crippen molar-refractivity contribution in [3.63, 3.8) is 0 Å². The van der Waals surface area contributed by atoms with Gasteiger partial charge in [0.25, 0.3) is 0 Å². The van der Waals surface area contributed by atoms with E-state index in [9.17, 15) is 0 Å². The van der Waals surface area contributed by atoms with Crippen LogP contribution in [0.25, 0.3) is 0 Å². The molecule has 0 aromatic heterocycles. The minimum absolute atomic E-state index is 0.0899. The predicted octanol–water partition coefficient (Wildman–Crippen LogP) is 3.52. The van der Waals surface area contributed by atoms with Crippen LogP contribution < -0.4 is 10.5 Å². The van der Waals surface area contributed by atoms with Gasteiger partial charge in [-0.1, -0.05) is 41.9 Å². The molecule has 1 unspecified atom stereocenters. The first-order chi connectivity index (χ1) is 9.24. The molecule has 2 aromatic rings. The highest BCUT2D eigenvalue weighted by Crippen LogP contribution is 2.36. The van der Waals surface area contributed by atoms with Gasteiger partial charge in [-0.15, -0.1) is 0 Å². The van der Waals surface area contributed by atoms with E-state index < -0.39 is 0 Å². The Labute approximate surface area is 118 Å². The quantitative estimate of drug-likeness (QED) is 0.929. The number of rotatable bonds is 3. The number of benzene rings is 2. The maximum atomic E-state index is 6.33. The molecule has 1 aliphatic heterocycles. The van der Waals surface area contributed by atoms with E-state index in [1.54, 1.807) is 0 Å². The normalized spacial score (nSPS) is 14.8. The molecule has 0 radical (unpaired) electrons. The van der Waals surface area contributed by atoms with Crippen molar-refractivity contribution in [2.24, 2.45) is 5.73 Å². The van der Waals surface area contributed by atoms with Gasteiger partial charge in [-0.2, -0.15) is 0 Å². The summed E-state index contributed by atoms with van der Waals surface area (Å²) in [7, 11) is 0. The van der Waals surface area contributed by atoms with Crippen LogP contribution in [0.2, 0.25) is 5.02 Å². The summed E-state index contributed by atoms with van der Waals surface area (Å²) >= 11 is 6.16. The van der Waals surface area contributed by atoms with Gasteiger partial charge in [-0.05, 0) is 29.7 Å². The van der Waals surface area contributed by atoms with E-state index in [0.717, 1.165) is 35.8 Å². The number of halogens is 1. The van der Waals surface area contributed by atoms with Crippen LogP contribution in [0.3, 0.4) is 0 Å². The molecule has 2 nitrogen and oxygen atoms in total. The first kappa shape index (κ1) is 12.5. The Balaban J connectivity index is 1.90. The summed E-state index contributed by atoms with van der Waals surface area (Å²) in [6.45, 7) is 0.723. The molecule has 0 bridgehead atoms. The van der Waals surface area contributed by atoms with Gasteiger partial charge in [0.2, 0.25) is 0 Å². The van der Waals surface area contributed by atoms with Crippen LogP contribution in [-0.2, 0) is 12.8 Å². The van der Waals surface area contributed by atoms with Crippen LogP contribution in [0.15, 0.2) is 42.5 Å². The summed E-state index contributed by atoms with van der Waals surface area (Å²) < 4.78 is 5.70. The Morgan fingerprint density at radius 1 is 1.21 bits per heavy atom. The molecule has 2 N–H and O–H groups in total. The van der Waals surface area contributed by atoms with Crippen LogP contribution in [0, 0.1) is 0 Å². The van der Waals surface area contributed by atoms with Crippen molar-refractivity contribution in [2.45, 2.75) is 18.9 Å². The van der Waals surface area contributed by atoms with Crippen molar-refractivity contribution in [2.75, 3.05) is 6.61 Å². The Bertz CT molecular complexity index is 583. The average Bonchev–Trinajstić information content (AvgIpc) is 2.86. The number of ether oxygens (including phenoxy) is 1. The van der Waals surface area contributed by atoms with Crippen LogP contribution in [0.1, 0.15) is 22.7 Å². The lowest BCUT2D eigenvalue weighted by atomic mass is 9.97. The van der Waals surface area contributed by atoms with E-state index in [1.807, 2.05) is 30.3 Å². The third-order valence-corrected chi connectivity index (χ3v) is 3.69. The highest BCUT2D eigenvalue weighted by Gasteiger charge is 2.21. The highest BCUT2D eigenvalue weighted by atomic mass is 35.5. The van der Waals surface area contributed by atoms with Crippen molar-refractivity contribution in [3.05, 3.63) is 64.2 Å². The van der Waals surface area contributed by atoms with Gasteiger partial charge in [0.1, 0.15) is 5.75 Å². The third kappa shape index (κ3) is 2.60. The number of fused-ring (bicyclic) bond motifs is 1. The van der Waals surface area contributed by atoms with Gasteiger partial charge in [-0.3, -0.25) is 0 Å². The average molecular weight is 274 g/mol. The summed E-state index contributed by atoms with van der Waals surface area (Å²) in [5.41, 5.74) is 9.74. The molecule has 98 valence electrons. The van der Waals surface area contributed by atoms with E-state index in [0.29, 0.717) is 0 Å². The number of nitrogens with two attached hydrogens (primary N) is 1. The van der Waals surface area contributed by atoms with Gasteiger partial charge < -0.3 is 10.5 Å². The summed E-state index contributed by atoms with van der Waals surface area (Å²) in [5.74, 6) is 0.938. The first-order valence-corrected chi connectivity index (χ1v) is 6.86. The summed E-state index contributed by atoms with van der Waals surface area (Å²) in [6, 6.07) is 14.1. The molecule has 3 heteroatoms. The molecule has 2 aromatic carbocycles. The van der Waals surface area contributed by atoms with Crippen molar-refractivity contribution in [3.8, 4) is 5.75 Å². The molecule has 0 spiro atoms. The van der Waals surface area contributed by atoms with Crippen molar-refractivity contribution in [1.29, 1.82) is 0 Å². The second-order valence-electron chi connectivity index (χ2n) is 4.88. The summed E-state index contributed by atoms with van der Waals surface area (Å²) in [5, 5.41) is 0.739.